The molecule has 0 saturated carbocycles. The Labute approximate surface area is 311 Å². The molecule has 0 N–H and O–H groups in total. The first-order valence-corrected chi connectivity index (χ1v) is 19.0. The number of thiophene rings is 1. The van der Waals surface area contributed by atoms with Gasteiger partial charge in [0.1, 0.15) is 11.2 Å². The molecule has 0 unspecified atom stereocenters. The van der Waals surface area contributed by atoms with Gasteiger partial charge in [0.2, 0.25) is 0 Å². The molecule has 8 aromatic carbocycles. The zero-order valence-electron chi connectivity index (χ0n) is 29.1. The summed E-state index contributed by atoms with van der Waals surface area (Å²) in [7, 11) is 0. The summed E-state index contributed by atoms with van der Waals surface area (Å²) in [6.45, 7) is 2.45. The van der Waals surface area contributed by atoms with E-state index in [-0.39, 0.29) is 0 Å². The summed E-state index contributed by atoms with van der Waals surface area (Å²) in [6.07, 6.45) is 0. The predicted molar refractivity (Wildman–Crippen MR) is 224 cm³/mol. The van der Waals surface area contributed by atoms with Gasteiger partial charge in [-0.15, -0.1) is 11.3 Å². The number of hydrogen-bond donors (Lipinski definition) is 0. The molecule has 3 heteroatoms. The van der Waals surface area contributed by atoms with Crippen LogP contribution in [0.1, 0.15) is 23.6 Å². The van der Waals surface area contributed by atoms with Crippen LogP contribution in [0, 0.1) is 0 Å². The number of anilines is 3. The molecule has 10 aromatic rings. The fourth-order valence-electron chi connectivity index (χ4n) is 9.00. The molecule has 0 spiro atoms. The molecule has 2 heterocycles. The van der Waals surface area contributed by atoms with Crippen molar-refractivity contribution < 1.29 is 4.42 Å². The second kappa shape index (κ2) is 11.5. The van der Waals surface area contributed by atoms with Crippen molar-refractivity contribution in [1.29, 1.82) is 0 Å². The molecule has 0 amide bonds. The quantitative estimate of drug-likeness (QED) is 0.178. The van der Waals surface area contributed by atoms with E-state index in [4.69, 9.17) is 4.42 Å². The van der Waals surface area contributed by atoms with Crippen molar-refractivity contribution in [2.45, 2.75) is 12.3 Å². The molecule has 2 aromatic heterocycles. The van der Waals surface area contributed by atoms with Gasteiger partial charge in [-0.25, -0.2) is 0 Å². The number of hydrogen-bond acceptors (Lipinski definition) is 3. The van der Waals surface area contributed by atoms with Crippen LogP contribution in [-0.4, -0.2) is 0 Å². The van der Waals surface area contributed by atoms with Crippen molar-refractivity contribution in [2.75, 3.05) is 4.90 Å². The molecule has 2 nitrogen and oxygen atoms in total. The predicted octanol–water partition coefficient (Wildman–Crippen LogP) is 14.4. The summed E-state index contributed by atoms with van der Waals surface area (Å²) in [5, 5.41) is 4.82. The maximum atomic E-state index is 6.53. The van der Waals surface area contributed by atoms with Crippen molar-refractivity contribution in [3.05, 3.63) is 199 Å². The maximum absolute atomic E-state index is 6.53. The highest BCUT2D eigenvalue weighted by atomic mass is 32.1. The molecule has 250 valence electrons. The molecular weight excluding hydrogens is 663 g/mol. The second-order valence-electron chi connectivity index (χ2n) is 14.1. The molecule has 0 aliphatic heterocycles. The fourth-order valence-corrected chi connectivity index (χ4v) is 10.1. The summed E-state index contributed by atoms with van der Waals surface area (Å²) in [4.78, 5) is 2.50. The lowest BCUT2D eigenvalue weighted by atomic mass is 9.71. The number of rotatable bonds is 5. The van der Waals surface area contributed by atoms with Crippen LogP contribution < -0.4 is 4.90 Å². The number of furan rings is 1. The van der Waals surface area contributed by atoms with Crippen molar-refractivity contribution in [3.63, 3.8) is 0 Å². The Balaban J connectivity index is 1.29. The molecule has 0 bridgehead atoms. The van der Waals surface area contributed by atoms with Gasteiger partial charge in [0, 0.05) is 42.2 Å². The zero-order valence-corrected chi connectivity index (χ0v) is 29.9. The Morgan fingerprint density at radius 1 is 0.453 bits per heavy atom. The van der Waals surface area contributed by atoms with E-state index in [9.17, 15) is 0 Å². The smallest absolute Gasteiger partial charge is 0.137 e. The van der Waals surface area contributed by atoms with Crippen LogP contribution in [0.5, 0.6) is 0 Å². The molecule has 1 aliphatic carbocycles. The first kappa shape index (κ1) is 30.2. The van der Waals surface area contributed by atoms with Gasteiger partial charge in [0.15, 0.2) is 0 Å². The van der Waals surface area contributed by atoms with Gasteiger partial charge in [0.05, 0.1) is 16.8 Å². The summed E-state index contributed by atoms with van der Waals surface area (Å²) in [5.41, 5.74) is 13.6. The summed E-state index contributed by atoms with van der Waals surface area (Å²) in [5.74, 6) is 0. The van der Waals surface area contributed by atoms with Gasteiger partial charge in [-0.1, -0.05) is 133 Å². The van der Waals surface area contributed by atoms with E-state index in [1.165, 1.54) is 59.1 Å². The number of fused-ring (bicyclic) bond motifs is 9. The highest BCUT2D eigenvalue weighted by Crippen LogP contribution is 2.59. The Bertz CT molecular complexity index is 2980. The Morgan fingerprint density at radius 3 is 1.85 bits per heavy atom. The van der Waals surface area contributed by atoms with Crippen molar-refractivity contribution in [1.82, 2.24) is 0 Å². The van der Waals surface area contributed by atoms with Crippen molar-refractivity contribution >= 4 is 70.5 Å². The third-order valence-electron chi connectivity index (χ3n) is 11.3. The monoisotopic (exact) mass is 695 g/mol. The van der Waals surface area contributed by atoms with Crippen LogP contribution in [-0.2, 0) is 5.41 Å². The van der Waals surface area contributed by atoms with Crippen LogP contribution in [0.15, 0.2) is 186 Å². The Hall–Kier alpha value is -6.42. The van der Waals surface area contributed by atoms with Crippen molar-refractivity contribution in [3.8, 4) is 22.3 Å². The van der Waals surface area contributed by atoms with Gasteiger partial charge in [-0.3, -0.25) is 0 Å². The highest BCUT2D eigenvalue weighted by molar-refractivity contribution is 7.25. The van der Waals surface area contributed by atoms with E-state index < -0.39 is 5.41 Å². The molecule has 11 rings (SSSR count). The lowest BCUT2D eigenvalue weighted by Gasteiger charge is -2.36. The van der Waals surface area contributed by atoms with Gasteiger partial charge < -0.3 is 9.32 Å². The van der Waals surface area contributed by atoms with E-state index in [2.05, 4.69) is 188 Å². The maximum Gasteiger partial charge on any atom is 0.137 e. The zero-order chi connectivity index (χ0) is 35.1. The van der Waals surface area contributed by atoms with Gasteiger partial charge in [-0.05, 0) is 88.8 Å². The molecule has 1 aliphatic rings. The lowest BCUT2D eigenvalue weighted by Crippen LogP contribution is -2.26. The van der Waals surface area contributed by atoms with Crippen LogP contribution in [0.25, 0.3) is 64.4 Å². The number of nitrogens with zero attached hydrogens (tertiary/aromatic N) is 1. The van der Waals surface area contributed by atoms with Gasteiger partial charge in [-0.2, -0.15) is 0 Å². The Morgan fingerprint density at radius 2 is 1.08 bits per heavy atom. The molecule has 0 atom stereocenters. The minimum atomic E-state index is -0.458. The lowest BCUT2D eigenvalue weighted by molar-refractivity contribution is 0.669. The number of para-hydroxylation sites is 1. The topological polar surface area (TPSA) is 16.4 Å². The normalized spacial score (nSPS) is 13.2. The largest absolute Gasteiger partial charge is 0.456 e. The highest BCUT2D eigenvalue weighted by Gasteiger charge is 2.44. The molecule has 0 radical (unpaired) electrons. The van der Waals surface area contributed by atoms with E-state index >= 15 is 0 Å². The fraction of sp³-hybridized carbons (Fsp3) is 0.0400. The van der Waals surface area contributed by atoms with Crippen molar-refractivity contribution in [2.24, 2.45) is 0 Å². The van der Waals surface area contributed by atoms with Crippen LogP contribution in [0.2, 0.25) is 0 Å². The molecular formula is C50H33NOS. The van der Waals surface area contributed by atoms with E-state index in [1.807, 2.05) is 17.4 Å². The van der Waals surface area contributed by atoms with E-state index in [0.29, 0.717) is 0 Å². The first-order valence-electron chi connectivity index (χ1n) is 18.2. The first-order chi connectivity index (χ1) is 26.2. The van der Waals surface area contributed by atoms with E-state index in [0.717, 1.165) is 39.0 Å². The minimum absolute atomic E-state index is 0.458. The molecule has 0 saturated heterocycles. The summed E-state index contributed by atoms with van der Waals surface area (Å²) >= 11 is 1.88. The van der Waals surface area contributed by atoms with Crippen LogP contribution in [0.3, 0.4) is 0 Å². The standard InChI is InChI=1S/C50H33NOS/c1-50(39-20-9-5-16-35(39)36-17-6-10-21-40(36)50)49-42(30-31-46-48(49)38-19-8-12-25-45(38)53-46)51(34-28-26-33(27-29-34)32-14-3-2-4-15-32)41-22-13-24-44-47(41)37-18-7-11-23-43(37)52-44/h2-31H,1H3. The molecule has 0 fully saturated rings. The third kappa shape index (κ3) is 4.38. The number of benzene rings is 8. The average molecular weight is 696 g/mol. The van der Waals surface area contributed by atoms with Gasteiger partial charge >= 0.3 is 0 Å². The van der Waals surface area contributed by atoms with E-state index in [1.54, 1.807) is 0 Å². The van der Waals surface area contributed by atoms with Gasteiger partial charge in [0.25, 0.3) is 0 Å². The summed E-state index contributed by atoms with van der Waals surface area (Å²) < 4.78 is 9.11. The minimum Gasteiger partial charge on any atom is -0.456 e. The Kier molecular flexibility index (Phi) is 6.58. The average Bonchev–Trinajstić information content (AvgIpc) is 3.88. The third-order valence-corrected chi connectivity index (χ3v) is 12.5. The summed E-state index contributed by atoms with van der Waals surface area (Å²) in [6, 6.07) is 66.2. The SMILES string of the molecule is CC1(c2c(N(c3ccc(-c4ccccc4)cc3)c3cccc4oc5ccccc5c34)ccc3sc4ccccc4c23)c2ccccc2-c2ccccc21. The second-order valence-corrected chi connectivity index (χ2v) is 15.2. The molecule has 53 heavy (non-hydrogen) atoms. The van der Waals surface area contributed by atoms with Crippen LogP contribution in [0.4, 0.5) is 17.1 Å². The van der Waals surface area contributed by atoms with Crippen LogP contribution >= 0.6 is 11.3 Å².